The summed E-state index contributed by atoms with van der Waals surface area (Å²) < 4.78 is 1.70. The van der Waals surface area contributed by atoms with E-state index >= 15 is 0 Å². The van der Waals surface area contributed by atoms with Gasteiger partial charge in [0.1, 0.15) is 5.57 Å². The molecule has 33 heavy (non-hydrogen) atoms. The van der Waals surface area contributed by atoms with Gasteiger partial charge in [0, 0.05) is 24.8 Å². The first kappa shape index (κ1) is 21.8. The molecule has 4 aromatic rings. The van der Waals surface area contributed by atoms with E-state index in [1.165, 1.54) is 0 Å². The van der Waals surface area contributed by atoms with Gasteiger partial charge in [-0.15, -0.1) is 0 Å². The summed E-state index contributed by atoms with van der Waals surface area (Å²) in [7, 11) is 0. The van der Waals surface area contributed by atoms with Gasteiger partial charge >= 0.3 is 0 Å². The highest BCUT2D eigenvalue weighted by molar-refractivity contribution is 6.21. The zero-order valence-corrected chi connectivity index (χ0v) is 18.0. The van der Waals surface area contributed by atoms with Crippen LogP contribution in [0, 0.1) is 0 Å². The Morgan fingerprint density at radius 2 is 1.21 bits per heavy atom. The second-order valence-electron chi connectivity index (χ2n) is 7.45. The molecule has 3 aromatic carbocycles. The number of carbonyl (C=O) groups is 2. The van der Waals surface area contributed by atoms with Crippen LogP contribution in [0.5, 0.6) is 0 Å². The molecule has 164 valence electrons. The van der Waals surface area contributed by atoms with Crippen LogP contribution in [0.3, 0.4) is 0 Å². The number of carbonyl (C=O) groups excluding carboxylic acids is 2. The minimum absolute atomic E-state index is 0.0227. The normalized spacial score (nSPS) is 10.3. The Labute approximate surface area is 192 Å². The monoisotopic (exact) mass is 436 g/mol. The fourth-order valence-corrected chi connectivity index (χ4v) is 3.28. The number of amides is 2. The van der Waals surface area contributed by atoms with E-state index in [0.29, 0.717) is 18.7 Å². The maximum atomic E-state index is 13.0. The minimum atomic E-state index is -0.447. The lowest BCUT2D eigenvalue weighted by Crippen LogP contribution is -2.34. The van der Waals surface area contributed by atoms with E-state index in [0.717, 1.165) is 16.8 Å². The second-order valence-corrected chi connectivity index (χ2v) is 7.45. The van der Waals surface area contributed by atoms with Crippen LogP contribution in [0.2, 0.25) is 0 Å². The van der Waals surface area contributed by atoms with Crippen molar-refractivity contribution < 1.29 is 9.59 Å². The minimum Gasteiger partial charge on any atom is -0.348 e. The molecule has 4 rings (SSSR count). The third-order valence-corrected chi connectivity index (χ3v) is 5.02. The molecule has 1 aromatic heterocycles. The van der Waals surface area contributed by atoms with Crippen LogP contribution >= 0.6 is 0 Å². The van der Waals surface area contributed by atoms with E-state index < -0.39 is 11.8 Å². The molecule has 0 radical (unpaired) electrons. The fourth-order valence-electron chi connectivity index (χ4n) is 3.28. The molecule has 0 fully saturated rings. The van der Waals surface area contributed by atoms with Gasteiger partial charge in [0.15, 0.2) is 0 Å². The van der Waals surface area contributed by atoms with Crippen molar-refractivity contribution in [1.82, 2.24) is 20.4 Å². The van der Waals surface area contributed by atoms with Crippen molar-refractivity contribution in [2.75, 3.05) is 0 Å². The third-order valence-electron chi connectivity index (χ3n) is 5.02. The number of para-hydroxylation sites is 1. The molecule has 0 aliphatic heterocycles. The Balaban J connectivity index is 1.54. The van der Waals surface area contributed by atoms with Gasteiger partial charge in [-0.25, -0.2) is 4.68 Å². The van der Waals surface area contributed by atoms with Gasteiger partial charge in [0.2, 0.25) is 0 Å². The molecule has 0 saturated carbocycles. The highest BCUT2D eigenvalue weighted by Gasteiger charge is 2.18. The molecule has 0 atom stereocenters. The molecular weight excluding hydrogens is 412 g/mol. The average molecular weight is 437 g/mol. The molecule has 0 saturated heterocycles. The first-order valence-electron chi connectivity index (χ1n) is 10.6. The van der Waals surface area contributed by atoms with Crippen molar-refractivity contribution in [3.63, 3.8) is 0 Å². The predicted molar refractivity (Wildman–Crippen MR) is 128 cm³/mol. The topological polar surface area (TPSA) is 76.0 Å². The Kier molecular flexibility index (Phi) is 7.08. The van der Waals surface area contributed by atoms with Gasteiger partial charge in [0.05, 0.1) is 11.9 Å². The summed E-state index contributed by atoms with van der Waals surface area (Å²) in [6.45, 7) is 0.651. The maximum absolute atomic E-state index is 13.0. The number of nitrogens with one attached hydrogen (secondary N) is 2. The van der Waals surface area contributed by atoms with Crippen molar-refractivity contribution in [2.24, 2.45) is 0 Å². The Hall–Kier alpha value is -4.45. The summed E-state index contributed by atoms with van der Waals surface area (Å²) in [6.07, 6.45) is 4.97. The maximum Gasteiger partial charge on any atom is 0.257 e. The van der Waals surface area contributed by atoms with E-state index in [1.54, 1.807) is 23.2 Å². The molecule has 2 N–H and O–H groups in total. The first-order chi connectivity index (χ1) is 16.2. The van der Waals surface area contributed by atoms with Crippen LogP contribution in [0.15, 0.2) is 109 Å². The number of hydrogen-bond acceptors (Lipinski definition) is 3. The highest BCUT2D eigenvalue weighted by Crippen LogP contribution is 2.12. The summed E-state index contributed by atoms with van der Waals surface area (Å²) >= 11 is 0. The van der Waals surface area contributed by atoms with E-state index in [4.69, 9.17) is 0 Å². The van der Waals surface area contributed by atoms with Crippen LogP contribution < -0.4 is 10.6 Å². The lowest BCUT2D eigenvalue weighted by atomic mass is 10.1. The molecule has 1 heterocycles. The van der Waals surface area contributed by atoms with E-state index in [9.17, 15) is 9.59 Å². The Morgan fingerprint density at radius 1 is 0.727 bits per heavy atom. The number of aromatic nitrogens is 2. The van der Waals surface area contributed by atoms with E-state index in [2.05, 4.69) is 15.7 Å². The quantitative estimate of drug-likeness (QED) is 0.250. The Bertz CT molecular complexity index is 1180. The molecule has 6 nitrogen and oxygen atoms in total. The molecule has 0 bridgehead atoms. The smallest absolute Gasteiger partial charge is 0.257 e. The molecule has 0 spiro atoms. The third kappa shape index (κ3) is 6.04. The van der Waals surface area contributed by atoms with Crippen molar-refractivity contribution in [2.45, 2.75) is 13.1 Å². The van der Waals surface area contributed by atoms with E-state index in [1.807, 2.05) is 91.0 Å². The van der Waals surface area contributed by atoms with Crippen molar-refractivity contribution >= 4 is 17.9 Å². The van der Waals surface area contributed by atoms with Gasteiger partial charge in [-0.3, -0.25) is 9.59 Å². The molecule has 6 heteroatoms. The highest BCUT2D eigenvalue weighted by atomic mass is 16.2. The summed E-state index contributed by atoms with van der Waals surface area (Å²) in [4.78, 5) is 26.0. The summed E-state index contributed by atoms with van der Waals surface area (Å²) in [5, 5.41) is 10.0. The largest absolute Gasteiger partial charge is 0.348 e. The lowest BCUT2D eigenvalue weighted by Gasteiger charge is -2.10. The summed E-state index contributed by atoms with van der Waals surface area (Å²) in [5.74, 6) is -0.895. The van der Waals surface area contributed by atoms with Gasteiger partial charge in [-0.1, -0.05) is 78.9 Å². The summed E-state index contributed by atoms with van der Waals surface area (Å²) in [5.41, 5.74) is 3.47. The van der Waals surface area contributed by atoms with Crippen LogP contribution in [0.25, 0.3) is 11.8 Å². The first-order valence-corrected chi connectivity index (χ1v) is 10.6. The number of benzene rings is 3. The van der Waals surface area contributed by atoms with Gasteiger partial charge in [-0.05, 0) is 29.3 Å². The standard InChI is InChI=1S/C27H24N4O2/c32-26(28-17-21-10-4-1-5-11-21)25(27(33)29-18-22-12-6-2-7-13-22)16-23-19-30-31(20-23)24-14-8-3-9-15-24/h1-16,19-20H,17-18H2,(H,28,32)(H,29,33). The molecular formula is C27H24N4O2. The molecule has 0 aliphatic rings. The van der Waals surface area contributed by atoms with Crippen molar-refractivity contribution in [3.8, 4) is 5.69 Å². The van der Waals surface area contributed by atoms with Crippen molar-refractivity contribution in [1.29, 1.82) is 0 Å². The predicted octanol–water partition coefficient (Wildman–Crippen LogP) is 3.89. The fraction of sp³-hybridized carbons (Fsp3) is 0.0741. The lowest BCUT2D eigenvalue weighted by molar-refractivity contribution is -0.123. The number of rotatable bonds is 8. The second kappa shape index (κ2) is 10.7. The number of nitrogens with zero attached hydrogens (tertiary/aromatic N) is 2. The molecule has 0 unspecified atom stereocenters. The average Bonchev–Trinajstić information content (AvgIpc) is 3.35. The van der Waals surface area contributed by atoms with E-state index in [-0.39, 0.29) is 5.57 Å². The van der Waals surface area contributed by atoms with Gasteiger partial charge < -0.3 is 10.6 Å². The van der Waals surface area contributed by atoms with Crippen molar-refractivity contribution in [3.05, 3.63) is 126 Å². The molecule has 2 amide bonds. The SMILES string of the molecule is O=C(NCc1ccccc1)C(=Cc1cnn(-c2ccccc2)c1)C(=O)NCc1ccccc1. The Morgan fingerprint density at radius 3 is 1.73 bits per heavy atom. The zero-order chi connectivity index (χ0) is 22.9. The van der Waals surface area contributed by atoms with Gasteiger partial charge in [0.25, 0.3) is 11.8 Å². The summed E-state index contributed by atoms with van der Waals surface area (Å²) in [6, 6.07) is 28.8. The van der Waals surface area contributed by atoms with Crippen LogP contribution in [-0.4, -0.2) is 21.6 Å². The van der Waals surface area contributed by atoms with Crippen LogP contribution in [-0.2, 0) is 22.7 Å². The number of hydrogen-bond donors (Lipinski definition) is 2. The molecule has 0 aliphatic carbocycles. The zero-order valence-electron chi connectivity index (χ0n) is 18.0. The van der Waals surface area contributed by atoms with Crippen LogP contribution in [0.1, 0.15) is 16.7 Å². The van der Waals surface area contributed by atoms with Crippen LogP contribution in [0.4, 0.5) is 0 Å². The van der Waals surface area contributed by atoms with Gasteiger partial charge in [-0.2, -0.15) is 5.10 Å².